The molecular weight excluding hydrogens is 270 g/mol. The molecule has 6 heteroatoms. The lowest BCUT2D eigenvalue weighted by molar-refractivity contribution is -0.126. The van der Waals surface area contributed by atoms with E-state index in [0.717, 1.165) is 5.56 Å². The van der Waals surface area contributed by atoms with E-state index in [1.165, 1.54) is 4.90 Å². The number of benzene rings is 1. The van der Waals surface area contributed by atoms with Crippen molar-refractivity contribution in [2.75, 3.05) is 19.6 Å². The molecule has 2 saturated heterocycles. The van der Waals surface area contributed by atoms with Crippen LogP contribution < -0.4 is 5.32 Å². The third-order valence-electron chi connectivity index (χ3n) is 4.07. The van der Waals surface area contributed by atoms with Gasteiger partial charge in [0.25, 0.3) is 5.91 Å². The van der Waals surface area contributed by atoms with Crippen LogP contribution in [0.15, 0.2) is 24.3 Å². The molecule has 1 aromatic rings. The predicted octanol–water partition coefficient (Wildman–Crippen LogP) is 0.761. The van der Waals surface area contributed by atoms with Gasteiger partial charge in [-0.15, -0.1) is 0 Å². The molecule has 0 bridgehead atoms. The van der Waals surface area contributed by atoms with Gasteiger partial charge in [0.2, 0.25) is 5.91 Å². The third kappa shape index (κ3) is 2.37. The molecule has 21 heavy (non-hydrogen) atoms. The van der Waals surface area contributed by atoms with Crippen molar-refractivity contribution in [2.45, 2.75) is 19.4 Å². The lowest BCUT2D eigenvalue weighted by atomic mass is 10.1. The highest BCUT2D eigenvalue weighted by Gasteiger charge is 2.39. The van der Waals surface area contributed by atoms with E-state index in [1.54, 1.807) is 11.0 Å². The van der Waals surface area contributed by atoms with Crippen molar-refractivity contribution in [1.29, 1.82) is 0 Å². The van der Waals surface area contributed by atoms with Gasteiger partial charge < -0.3 is 10.2 Å². The van der Waals surface area contributed by atoms with E-state index in [-0.39, 0.29) is 30.4 Å². The SMILES string of the molecule is Cc1ccccc1C(=O)N1CCC(N2C(=O)CNC2=O)C1. The van der Waals surface area contributed by atoms with Crippen LogP contribution in [-0.4, -0.2) is 53.3 Å². The van der Waals surface area contributed by atoms with Gasteiger partial charge in [-0.3, -0.25) is 14.5 Å². The highest BCUT2D eigenvalue weighted by Crippen LogP contribution is 2.21. The van der Waals surface area contributed by atoms with Crippen molar-refractivity contribution in [3.05, 3.63) is 35.4 Å². The average molecular weight is 287 g/mol. The second-order valence-corrected chi connectivity index (χ2v) is 5.43. The van der Waals surface area contributed by atoms with E-state index in [2.05, 4.69) is 5.32 Å². The van der Waals surface area contributed by atoms with Crippen LogP contribution in [0.2, 0.25) is 0 Å². The molecule has 110 valence electrons. The Morgan fingerprint density at radius 2 is 2.05 bits per heavy atom. The van der Waals surface area contributed by atoms with Crippen LogP contribution in [0.1, 0.15) is 22.3 Å². The molecular formula is C15H17N3O3. The highest BCUT2D eigenvalue weighted by molar-refractivity contribution is 6.02. The summed E-state index contributed by atoms with van der Waals surface area (Å²) >= 11 is 0. The smallest absolute Gasteiger partial charge is 0.324 e. The van der Waals surface area contributed by atoms with Gasteiger partial charge in [-0.25, -0.2) is 4.79 Å². The molecule has 1 atom stereocenters. The molecule has 4 amide bonds. The minimum absolute atomic E-state index is 0.0392. The predicted molar refractivity (Wildman–Crippen MR) is 75.7 cm³/mol. The van der Waals surface area contributed by atoms with Gasteiger partial charge in [-0.1, -0.05) is 18.2 Å². The summed E-state index contributed by atoms with van der Waals surface area (Å²) in [6.45, 7) is 2.93. The van der Waals surface area contributed by atoms with Gasteiger partial charge in [-0.2, -0.15) is 0 Å². The standard InChI is InChI=1S/C15H17N3O3/c1-10-4-2-3-5-12(10)14(20)17-7-6-11(9-17)18-13(19)8-16-15(18)21/h2-5,11H,6-9H2,1H3,(H,16,21). The molecule has 0 saturated carbocycles. The fourth-order valence-corrected chi connectivity index (χ4v) is 2.92. The zero-order chi connectivity index (χ0) is 15.0. The summed E-state index contributed by atoms with van der Waals surface area (Å²) in [7, 11) is 0. The number of imide groups is 1. The molecule has 2 aliphatic rings. The molecule has 1 aromatic carbocycles. The topological polar surface area (TPSA) is 69.7 Å². The van der Waals surface area contributed by atoms with E-state index in [9.17, 15) is 14.4 Å². The molecule has 0 spiro atoms. The van der Waals surface area contributed by atoms with Crippen LogP contribution in [-0.2, 0) is 4.79 Å². The Hall–Kier alpha value is -2.37. The highest BCUT2D eigenvalue weighted by atomic mass is 16.2. The quantitative estimate of drug-likeness (QED) is 0.817. The summed E-state index contributed by atoms with van der Waals surface area (Å²) in [6.07, 6.45) is 0.636. The summed E-state index contributed by atoms with van der Waals surface area (Å²) in [5.74, 6) is -0.252. The van der Waals surface area contributed by atoms with Crippen molar-refractivity contribution < 1.29 is 14.4 Å². The normalized spacial score (nSPS) is 21.9. The maximum Gasteiger partial charge on any atom is 0.324 e. The monoisotopic (exact) mass is 287 g/mol. The van der Waals surface area contributed by atoms with Gasteiger partial charge in [0.1, 0.15) is 0 Å². The van der Waals surface area contributed by atoms with Crippen LogP contribution >= 0.6 is 0 Å². The van der Waals surface area contributed by atoms with Gasteiger partial charge in [0.05, 0.1) is 12.6 Å². The molecule has 2 fully saturated rings. The Balaban J connectivity index is 1.73. The summed E-state index contributed by atoms with van der Waals surface area (Å²) in [6, 6.07) is 6.87. The van der Waals surface area contributed by atoms with Gasteiger partial charge in [0.15, 0.2) is 0 Å². The molecule has 0 aliphatic carbocycles. The number of hydrogen-bond acceptors (Lipinski definition) is 3. The molecule has 1 unspecified atom stereocenters. The van der Waals surface area contributed by atoms with E-state index in [4.69, 9.17) is 0 Å². The first kappa shape index (κ1) is 13.6. The first-order chi connectivity index (χ1) is 10.1. The largest absolute Gasteiger partial charge is 0.336 e. The lowest BCUT2D eigenvalue weighted by Gasteiger charge is -2.22. The number of nitrogens with zero attached hydrogens (tertiary/aromatic N) is 2. The van der Waals surface area contributed by atoms with Crippen molar-refractivity contribution >= 4 is 17.8 Å². The fourth-order valence-electron chi connectivity index (χ4n) is 2.92. The Morgan fingerprint density at radius 1 is 1.29 bits per heavy atom. The fraction of sp³-hybridized carbons (Fsp3) is 0.400. The molecule has 1 N–H and O–H groups in total. The van der Waals surface area contributed by atoms with Crippen molar-refractivity contribution in [1.82, 2.24) is 15.1 Å². The molecule has 0 aromatic heterocycles. The summed E-state index contributed by atoms with van der Waals surface area (Å²) in [5.41, 5.74) is 1.61. The number of carbonyl (C=O) groups excluding carboxylic acids is 3. The summed E-state index contributed by atoms with van der Waals surface area (Å²) < 4.78 is 0. The molecule has 0 radical (unpaired) electrons. The second kappa shape index (κ2) is 5.20. The second-order valence-electron chi connectivity index (χ2n) is 5.43. The Bertz CT molecular complexity index is 598. The van der Waals surface area contributed by atoms with Crippen molar-refractivity contribution in [3.8, 4) is 0 Å². The number of rotatable bonds is 2. The summed E-state index contributed by atoms with van der Waals surface area (Å²) in [4.78, 5) is 38.9. The third-order valence-corrected chi connectivity index (χ3v) is 4.07. The van der Waals surface area contributed by atoms with Crippen LogP contribution in [0, 0.1) is 6.92 Å². The van der Waals surface area contributed by atoms with Gasteiger partial charge in [-0.05, 0) is 25.0 Å². The maximum absolute atomic E-state index is 12.5. The Labute approximate surface area is 122 Å². The maximum atomic E-state index is 12.5. The Kier molecular flexibility index (Phi) is 3.37. The zero-order valence-corrected chi connectivity index (χ0v) is 11.8. The number of likely N-dealkylation sites (tertiary alicyclic amines) is 1. The number of amides is 4. The molecule has 2 heterocycles. The van der Waals surface area contributed by atoms with Crippen molar-refractivity contribution in [3.63, 3.8) is 0 Å². The number of urea groups is 1. The first-order valence-electron chi connectivity index (χ1n) is 7.02. The Morgan fingerprint density at radius 3 is 2.71 bits per heavy atom. The molecule has 2 aliphatic heterocycles. The van der Waals surface area contributed by atoms with Gasteiger partial charge in [0, 0.05) is 18.7 Å². The minimum atomic E-state index is -0.352. The van der Waals surface area contributed by atoms with E-state index < -0.39 is 0 Å². The average Bonchev–Trinajstić information content (AvgIpc) is 3.06. The van der Waals surface area contributed by atoms with E-state index in [1.807, 2.05) is 25.1 Å². The number of carbonyl (C=O) groups is 3. The van der Waals surface area contributed by atoms with E-state index >= 15 is 0 Å². The zero-order valence-electron chi connectivity index (χ0n) is 11.8. The molecule has 6 nitrogen and oxygen atoms in total. The van der Waals surface area contributed by atoms with Gasteiger partial charge >= 0.3 is 6.03 Å². The number of nitrogens with one attached hydrogen (secondary N) is 1. The van der Waals surface area contributed by atoms with Crippen LogP contribution in [0.5, 0.6) is 0 Å². The number of hydrogen-bond donors (Lipinski definition) is 1. The van der Waals surface area contributed by atoms with Crippen LogP contribution in [0.25, 0.3) is 0 Å². The van der Waals surface area contributed by atoms with Crippen molar-refractivity contribution in [2.24, 2.45) is 0 Å². The number of aryl methyl sites for hydroxylation is 1. The molecule has 3 rings (SSSR count). The minimum Gasteiger partial charge on any atom is -0.336 e. The first-order valence-corrected chi connectivity index (χ1v) is 7.02. The lowest BCUT2D eigenvalue weighted by Crippen LogP contribution is -2.43. The van der Waals surface area contributed by atoms with E-state index in [0.29, 0.717) is 25.1 Å². The van der Waals surface area contributed by atoms with Crippen LogP contribution in [0.3, 0.4) is 0 Å². The summed E-state index contributed by atoms with van der Waals surface area (Å²) in [5, 5.41) is 2.52. The van der Waals surface area contributed by atoms with Crippen LogP contribution in [0.4, 0.5) is 4.79 Å².